The van der Waals surface area contributed by atoms with Crippen LogP contribution < -0.4 is 5.32 Å². The molecule has 32 heavy (non-hydrogen) atoms. The molecule has 6 heteroatoms. The first-order chi connectivity index (χ1) is 15.6. The van der Waals surface area contributed by atoms with Crippen LogP contribution >= 0.6 is 0 Å². The van der Waals surface area contributed by atoms with Gasteiger partial charge in [0.05, 0.1) is 13.1 Å². The van der Waals surface area contributed by atoms with Gasteiger partial charge in [0.2, 0.25) is 5.91 Å². The highest BCUT2D eigenvalue weighted by atomic mass is 16.2. The molecule has 3 aromatic carbocycles. The predicted molar refractivity (Wildman–Crippen MR) is 122 cm³/mol. The monoisotopic (exact) mass is 427 g/mol. The first-order valence-corrected chi connectivity index (χ1v) is 10.6. The smallest absolute Gasteiger partial charge is 0.324 e. The number of carbonyl (C=O) groups is 3. The molecule has 1 N–H and O–H groups in total. The number of hydrogen-bond donors (Lipinski definition) is 1. The Kier molecular flexibility index (Phi) is 6.60. The number of amides is 4. The van der Waals surface area contributed by atoms with Crippen LogP contribution in [0.15, 0.2) is 84.9 Å². The molecule has 6 nitrogen and oxygen atoms in total. The molecule has 162 valence electrons. The van der Waals surface area contributed by atoms with Gasteiger partial charge in [-0.05, 0) is 35.2 Å². The Morgan fingerprint density at radius 2 is 1.44 bits per heavy atom. The SMILES string of the molecule is O=C(c1ccc(CN2C(=O)CNC2=O)cc1)N(CCc1ccccc1)Cc1ccccc1. The maximum absolute atomic E-state index is 13.3. The number of benzene rings is 3. The van der Waals surface area contributed by atoms with Crippen molar-refractivity contribution in [2.24, 2.45) is 0 Å². The second-order valence-corrected chi connectivity index (χ2v) is 7.78. The minimum absolute atomic E-state index is 0.0330. The first kappa shape index (κ1) is 21.3. The molecule has 0 radical (unpaired) electrons. The molecule has 1 fully saturated rings. The zero-order valence-corrected chi connectivity index (χ0v) is 17.7. The highest BCUT2D eigenvalue weighted by molar-refractivity contribution is 6.01. The van der Waals surface area contributed by atoms with Gasteiger partial charge in [-0.15, -0.1) is 0 Å². The topological polar surface area (TPSA) is 69.7 Å². The number of rotatable bonds is 8. The maximum Gasteiger partial charge on any atom is 0.324 e. The van der Waals surface area contributed by atoms with E-state index in [0.717, 1.165) is 17.5 Å². The quantitative estimate of drug-likeness (QED) is 0.558. The zero-order valence-electron chi connectivity index (χ0n) is 17.7. The van der Waals surface area contributed by atoms with Gasteiger partial charge in [0, 0.05) is 18.7 Å². The molecular formula is C26H25N3O3. The van der Waals surface area contributed by atoms with E-state index < -0.39 is 0 Å². The van der Waals surface area contributed by atoms with Gasteiger partial charge < -0.3 is 10.2 Å². The summed E-state index contributed by atoms with van der Waals surface area (Å²) in [4.78, 5) is 39.9. The third-order valence-electron chi connectivity index (χ3n) is 5.50. The molecular weight excluding hydrogens is 402 g/mol. The molecule has 0 spiro atoms. The molecule has 0 aromatic heterocycles. The predicted octanol–water partition coefficient (Wildman–Crippen LogP) is 3.62. The van der Waals surface area contributed by atoms with Gasteiger partial charge in [0.15, 0.2) is 0 Å². The lowest BCUT2D eigenvalue weighted by molar-refractivity contribution is -0.125. The fourth-order valence-electron chi connectivity index (χ4n) is 3.70. The number of carbonyl (C=O) groups excluding carboxylic acids is 3. The summed E-state index contributed by atoms with van der Waals surface area (Å²) < 4.78 is 0. The lowest BCUT2D eigenvalue weighted by Crippen LogP contribution is -2.32. The van der Waals surface area contributed by atoms with E-state index in [9.17, 15) is 14.4 Å². The maximum atomic E-state index is 13.3. The van der Waals surface area contributed by atoms with E-state index in [1.807, 2.05) is 53.4 Å². The molecule has 1 saturated heterocycles. The molecule has 4 rings (SSSR count). The van der Waals surface area contributed by atoms with Gasteiger partial charge in [-0.1, -0.05) is 72.8 Å². The fraction of sp³-hybridized carbons (Fsp3) is 0.192. The van der Waals surface area contributed by atoms with Crippen LogP contribution in [-0.4, -0.2) is 40.7 Å². The second-order valence-electron chi connectivity index (χ2n) is 7.78. The Labute approximate surface area is 187 Å². The van der Waals surface area contributed by atoms with Crippen LogP contribution in [0.5, 0.6) is 0 Å². The average molecular weight is 428 g/mol. The Bertz CT molecular complexity index is 1070. The minimum atomic E-state index is -0.384. The largest absolute Gasteiger partial charge is 0.334 e. The van der Waals surface area contributed by atoms with Gasteiger partial charge >= 0.3 is 6.03 Å². The van der Waals surface area contributed by atoms with Crippen molar-refractivity contribution in [2.45, 2.75) is 19.5 Å². The van der Waals surface area contributed by atoms with Gasteiger partial charge in [0.1, 0.15) is 0 Å². The summed E-state index contributed by atoms with van der Waals surface area (Å²) >= 11 is 0. The van der Waals surface area contributed by atoms with E-state index in [-0.39, 0.29) is 30.9 Å². The average Bonchev–Trinajstić information content (AvgIpc) is 3.15. The summed E-state index contributed by atoms with van der Waals surface area (Å²) in [5.41, 5.74) is 3.63. The fourth-order valence-corrected chi connectivity index (χ4v) is 3.70. The van der Waals surface area contributed by atoms with Crippen LogP contribution in [0.2, 0.25) is 0 Å². The molecule has 3 aromatic rings. The van der Waals surface area contributed by atoms with Crippen LogP contribution in [0.1, 0.15) is 27.0 Å². The van der Waals surface area contributed by atoms with Crippen LogP contribution in [0.25, 0.3) is 0 Å². The molecule has 1 heterocycles. The summed E-state index contributed by atoms with van der Waals surface area (Å²) in [6, 6.07) is 26.8. The van der Waals surface area contributed by atoms with Crippen molar-refractivity contribution in [1.29, 1.82) is 0 Å². The van der Waals surface area contributed by atoms with Crippen LogP contribution in [-0.2, 0) is 24.3 Å². The molecule has 0 atom stereocenters. The number of urea groups is 1. The summed E-state index contributed by atoms with van der Waals surface area (Å²) in [6.07, 6.45) is 0.768. The third-order valence-corrected chi connectivity index (χ3v) is 5.50. The summed E-state index contributed by atoms with van der Waals surface area (Å²) in [7, 11) is 0. The summed E-state index contributed by atoms with van der Waals surface area (Å²) in [5.74, 6) is -0.295. The van der Waals surface area contributed by atoms with Crippen molar-refractivity contribution < 1.29 is 14.4 Å². The molecule has 1 aliphatic heterocycles. The van der Waals surface area contributed by atoms with Crippen LogP contribution in [0.4, 0.5) is 4.79 Å². The summed E-state index contributed by atoms with van der Waals surface area (Å²) in [6.45, 7) is 1.35. The molecule has 0 bridgehead atoms. The number of imide groups is 1. The van der Waals surface area contributed by atoms with E-state index in [1.54, 1.807) is 24.3 Å². The Morgan fingerprint density at radius 3 is 2.03 bits per heavy atom. The zero-order chi connectivity index (χ0) is 22.3. The van der Waals surface area contributed by atoms with E-state index in [2.05, 4.69) is 17.4 Å². The Morgan fingerprint density at radius 1 is 0.812 bits per heavy atom. The standard InChI is InChI=1S/C26H25N3O3/c30-24-17-27-26(32)29(24)19-22-11-13-23(14-12-22)25(31)28(18-21-9-5-2-6-10-21)16-15-20-7-3-1-4-8-20/h1-14H,15-19H2,(H,27,32). The number of nitrogens with zero attached hydrogens (tertiary/aromatic N) is 2. The van der Waals surface area contributed by atoms with E-state index in [1.165, 1.54) is 10.5 Å². The lowest BCUT2D eigenvalue weighted by Gasteiger charge is -2.23. The molecule has 0 aliphatic carbocycles. The number of hydrogen-bond acceptors (Lipinski definition) is 3. The van der Waals surface area contributed by atoms with Crippen molar-refractivity contribution in [3.63, 3.8) is 0 Å². The minimum Gasteiger partial charge on any atom is -0.334 e. The van der Waals surface area contributed by atoms with Gasteiger partial charge in [-0.3, -0.25) is 14.5 Å². The van der Waals surface area contributed by atoms with Gasteiger partial charge in [0.25, 0.3) is 5.91 Å². The first-order valence-electron chi connectivity index (χ1n) is 10.6. The summed E-state index contributed by atoms with van der Waals surface area (Å²) in [5, 5.41) is 2.51. The second kappa shape index (κ2) is 9.92. The third kappa shape index (κ3) is 5.21. The Hall–Kier alpha value is -3.93. The Balaban J connectivity index is 1.47. The highest BCUT2D eigenvalue weighted by Gasteiger charge is 2.28. The van der Waals surface area contributed by atoms with Crippen molar-refractivity contribution in [3.8, 4) is 0 Å². The molecule has 4 amide bonds. The number of nitrogens with one attached hydrogen (secondary N) is 1. The van der Waals surface area contributed by atoms with E-state index in [0.29, 0.717) is 18.7 Å². The van der Waals surface area contributed by atoms with Crippen molar-refractivity contribution >= 4 is 17.8 Å². The van der Waals surface area contributed by atoms with Gasteiger partial charge in [-0.25, -0.2) is 4.79 Å². The van der Waals surface area contributed by atoms with E-state index >= 15 is 0 Å². The lowest BCUT2D eigenvalue weighted by atomic mass is 10.1. The van der Waals surface area contributed by atoms with Crippen LogP contribution in [0, 0.1) is 0 Å². The molecule has 1 aliphatic rings. The van der Waals surface area contributed by atoms with Crippen LogP contribution in [0.3, 0.4) is 0 Å². The molecule has 0 unspecified atom stereocenters. The highest BCUT2D eigenvalue weighted by Crippen LogP contribution is 2.15. The normalized spacial score (nSPS) is 13.2. The van der Waals surface area contributed by atoms with Gasteiger partial charge in [-0.2, -0.15) is 0 Å². The van der Waals surface area contributed by atoms with E-state index in [4.69, 9.17) is 0 Å². The van der Waals surface area contributed by atoms with Crippen molar-refractivity contribution in [3.05, 3.63) is 107 Å². The molecule has 0 saturated carbocycles. The van der Waals surface area contributed by atoms with Crippen molar-refractivity contribution in [1.82, 2.24) is 15.1 Å². The van der Waals surface area contributed by atoms with Crippen molar-refractivity contribution in [2.75, 3.05) is 13.1 Å².